The largest absolute Gasteiger partial charge is 0.293 e. The van der Waals surface area contributed by atoms with Gasteiger partial charge in [0.15, 0.2) is 5.78 Å². The molecular formula is C10H10Br2O. The highest BCUT2D eigenvalue weighted by molar-refractivity contribution is 9.10. The standard InChI is InChI=1S/C10H10Br2O/c1-6-3-7(2)10(8(12)4-6)9(13)5-11/h3-4H,5H2,1-2H3. The molecule has 0 aliphatic rings. The smallest absolute Gasteiger partial charge is 0.174 e. The Balaban J connectivity index is 3.28. The molecule has 13 heavy (non-hydrogen) atoms. The highest BCUT2D eigenvalue weighted by Crippen LogP contribution is 2.23. The van der Waals surface area contributed by atoms with Gasteiger partial charge < -0.3 is 0 Å². The highest BCUT2D eigenvalue weighted by atomic mass is 79.9. The molecule has 0 atom stereocenters. The molecule has 0 saturated carbocycles. The summed E-state index contributed by atoms with van der Waals surface area (Å²) in [5, 5.41) is 0.371. The number of rotatable bonds is 2. The highest BCUT2D eigenvalue weighted by Gasteiger charge is 2.11. The van der Waals surface area contributed by atoms with E-state index in [1.54, 1.807) is 0 Å². The van der Waals surface area contributed by atoms with E-state index in [9.17, 15) is 4.79 Å². The Bertz CT molecular complexity index is 322. The van der Waals surface area contributed by atoms with E-state index in [1.807, 2.05) is 26.0 Å². The Kier molecular flexibility index (Phi) is 3.68. The maximum absolute atomic E-state index is 11.5. The molecule has 0 radical (unpaired) electrons. The van der Waals surface area contributed by atoms with Gasteiger partial charge in [-0.3, -0.25) is 4.79 Å². The van der Waals surface area contributed by atoms with E-state index in [0.717, 1.165) is 21.2 Å². The fourth-order valence-electron chi connectivity index (χ4n) is 1.34. The Morgan fingerprint density at radius 1 is 1.38 bits per heavy atom. The molecule has 70 valence electrons. The summed E-state index contributed by atoms with van der Waals surface area (Å²) in [6.07, 6.45) is 0. The van der Waals surface area contributed by atoms with Crippen molar-refractivity contribution in [2.45, 2.75) is 13.8 Å². The van der Waals surface area contributed by atoms with Crippen LogP contribution in [0.5, 0.6) is 0 Å². The molecular weight excluding hydrogens is 296 g/mol. The second-order valence-electron chi connectivity index (χ2n) is 3.00. The van der Waals surface area contributed by atoms with Crippen LogP contribution in [0.15, 0.2) is 16.6 Å². The zero-order valence-electron chi connectivity index (χ0n) is 7.53. The van der Waals surface area contributed by atoms with Crippen molar-refractivity contribution in [2.75, 3.05) is 5.33 Å². The third kappa shape index (κ3) is 2.41. The van der Waals surface area contributed by atoms with Crippen molar-refractivity contribution in [3.63, 3.8) is 0 Å². The number of carbonyl (C=O) groups is 1. The fourth-order valence-corrected chi connectivity index (χ4v) is 2.51. The molecule has 0 aromatic heterocycles. The second kappa shape index (κ2) is 4.38. The topological polar surface area (TPSA) is 17.1 Å². The van der Waals surface area contributed by atoms with Gasteiger partial charge in [0.25, 0.3) is 0 Å². The molecule has 0 spiro atoms. The number of hydrogen-bond acceptors (Lipinski definition) is 1. The van der Waals surface area contributed by atoms with Crippen LogP contribution in [0.4, 0.5) is 0 Å². The molecule has 1 aromatic carbocycles. The first-order valence-corrected chi connectivity index (χ1v) is 5.83. The molecule has 0 bridgehead atoms. The van der Waals surface area contributed by atoms with Gasteiger partial charge >= 0.3 is 0 Å². The number of benzene rings is 1. The van der Waals surface area contributed by atoms with Crippen molar-refractivity contribution in [3.05, 3.63) is 33.3 Å². The summed E-state index contributed by atoms with van der Waals surface area (Å²) in [5.74, 6) is 0.115. The van der Waals surface area contributed by atoms with Crippen molar-refractivity contribution in [1.82, 2.24) is 0 Å². The van der Waals surface area contributed by atoms with E-state index < -0.39 is 0 Å². The lowest BCUT2D eigenvalue weighted by Gasteiger charge is -2.06. The molecule has 1 rings (SSSR count). The SMILES string of the molecule is Cc1cc(C)c(C(=O)CBr)c(Br)c1. The van der Waals surface area contributed by atoms with E-state index in [-0.39, 0.29) is 5.78 Å². The van der Waals surface area contributed by atoms with E-state index in [0.29, 0.717) is 5.33 Å². The van der Waals surface area contributed by atoms with E-state index in [4.69, 9.17) is 0 Å². The predicted molar refractivity (Wildman–Crippen MR) is 61.7 cm³/mol. The van der Waals surface area contributed by atoms with Gasteiger partial charge in [0.05, 0.1) is 5.33 Å². The number of ketones is 1. The first-order chi connectivity index (χ1) is 6.06. The van der Waals surface area contributed by atoms with Crippen molar-refractivity contribution in [2.24, 2.45) is 0 Å². The molecule has 0 N–H and O–H groups in total. The first kappa shape index (κ1) is 10.9. The molecule has 0 aliphatic heterocycles. The third-order valence-corrected chi connectivity index (χ3v) is 2.97. The molecule has 1 aromatic rings. The fraction of sp³-hybridized carbons (Fsp3) is 0.300. The second-order valence-corrected chi connectivity index (χ2v) is 4.41. The van der Waals surface area contributed by atoms with Crippen molar-refractivity contribution < 1.29 is 4.79 Å². The molecule has 3 heteroatoms. The van der Waals surface area contributed by atoms with Gasteiger partial charge in [-0.2, -0.15) is 0 Å². The van der Waals surface area contributed by atoms with E-state index >= 15 is 0 Å². The predicted octanol–water partition coefficient (Wildman–Crippen LogP) is 3.64. The number of Topliss-reactive ketones (excluding diaryl/α,β-unsaturated/α-hetero) is 1. The van der Waals surface area contributed by atoms with Crippen molar-refractivity contribution in [3.8, 4) is 0 Å². The van der Waals surface area contributed by atoms with E-state index in [1.165, 1.54) is 0 Å². The Morgan fingerprint density at radius 3 is 2.46 bits per heavy atom. The van der Waals surface area contributed by atoms with Gasteiger partial charge in [-0.1, -0.05) is 37.9 Å². The lowest BCUT2D eigenvalue weighted by molar-refractivity contribution is 0.102. The number of carbonyl (C=O) groups excluding carboxylic acids is 1. The number of alkyl halides is 1. The zero-order chi connectivity index (χ0) is 10.0. The summed E-state index contributed by atoms with van der Waals surface area (Å²) in [4.78, 5) is 11.5. The van der Waals surface area contributed by atoms with Crippen LogP contribution >= 0.6 is 31.9 Å². The number of aryl methyl sites for hydroxylation is 2. The summed E-state index contributed by atoms with van der Waals surface area (Å²) in [7, 11) is 0. The minimum absolute atomic E-state index is 0.115. The minimum atomic E-state index is 0.115. The zero-order valence-corrected chi connectivity index (χ0v) is 10.7. The lowest BCUT2D eigenvalue weighted by atomic mass is 10.0. The van der Waals surface area contributed by atoms with Gasteiger partial charge in [0.2, 0.25) is 0 Å². The van der Waals surface area contributed by atoms with Crippen LogP contribution in [0.3, 0.4) is 0 Å². The summed E-state index contributed by atoms with van der Waals surface area (Å²) in [5.41, 5.74) is 2.97. The monoisotopic (exact) mass is 304 g/mol. The maximum atomic E-state index is 11.5. The lowest BCUT2D eigenvalue weighted by Crippen LogP contribution is -2.04. The first-order valence-electron chi connectivity index (χ1n) is 3.92. The van der Waals surface area contributed by atoms with Crippen LogP contribution in [0, 0.1) is 13.8 Å². The van der Waals surface area contributed by atoms with Crippen molar-refractivity contribution >= 4 is 37.6 Å². The summed E-state index contributed by atoms with van der Waals surface area (Å²) < 4.78 is 0.884. The average molecular weight is 306 g/mol. The van der Waals surface area contributed by atoms with Gasteiger partial charge in [0.1, 0.15) is 0 Å². The minimum Gasteiger partial charge on any atom is -0.293 e. The molecule has 0 saturated heterocycles. The maximum Gasteiger partial charge on any atom is 0.174 e. The Morgan fingerprint density at radius 2 is 2.00 bits per heavy atom. The molecule has 0 aliphatic carbocycles. The quantitative estimate of drug-likeness (QED) is 0.602. The Hall–Kier alpha value is -0.150. The molecule has 0 heterocycles. The van der Waals surface area contributed by atoms with Crippen LogP contribution in [0.25, 0.3) is 0 Å². The molecule has 0 unspecified atom stereocenters. The Labute approximate surface area is 94.8 Å². The van der Waals surface area contributed by atoms with Crippen LogP contribution in [0.2, 0.25) is 0 Å². The molecule has 0 fully saturated rings. The number of hydrogen-bond donors (Lipinski definition) is 0. The van der Waals surface area contributed by atoms with Crippen LogP contribution in [-0.2, 0) is 0 Å². The molecule has 0 amide bonds. The van der Waals surface area contributed by atoms with Crippen LogP contribution in [-0.4, -0.2) is 11.1 Å². The average Bonchev–Trinajstić information content (AvgIpc) is 2.02. The normalized spacial score (nSPS) is 10.2. The van der Waals surface area contributed by atoms with Gasteiger partial charge in [-0.15, -0.1) is 0 Å². The van der Waals surface area contributed by atoms with Gasteiger partial charge in [0, 0.05) is 10.0 Å². The van der Waals surface area contributed by atoms with Crippen LogP contribution in [0.1, 0.15) is 21.5 Å². The summed E-state index contributed by atoms with van der Waals surface area (Å²) in [6, 6.07) is 3.98. The van der Waals surface area contributed by atoms with E-state index in [2.05, 4.69) is 31.9 Å². The number of halogens is 2. The van der Waals surface area contributed by atoms with Gasteiger partial charge in [-0.05, 0) is 31.0 Å². The third-order valence-electron chi connectivity index (χ3n) is 1.83. The van der Waals surface area contributed by atoms with Crippen LogP contribution < -0.4 is 0 Å². The molecule has 1 nitrogen and oxygen atoms in total. The summed E-state index contributed by atoms with van der Waals surface area (Å²) in [6.45, 7) is 3.97. The van der Waals surface area contributed by atoms with Crippen molar-refractivity contribution in [1.29, 1.82) is 0 Å². The summed E-state index contributed by atoms with van der Waals surface area (Å²) >= 11 is 6.57. The van der Waals surface area contributed by atoms with Gasteiger partial charge in [-0.25, -0.2) is 0 Å².